The highest BCUT2D eigenvalue weighted by Crippen LogP contribution is 2.25. The Balaban J connectivity index is 3.03. The lowest BCUT2D eigenvalue weighted by molar-refractivity contribution is -0.143. The second kappa shape index (κ2) is 6.36. The van der Waals surface area contributed by atoms with Gasteiger partial charge in [0.2, 0.25) is 10.0 Å². The van der Waals surface area contributed by atoms with Gasteiger partial charge in [-0.25, -0.2) is 8.42 Å². The second-order valence-corrected chi connectivity index (χ2v) is 6.68. The average molecular weight is 351 g/mol. The monoisotopic (exact) mass is 350 g/mol. The second-order valence-electron chi connectivity index (χ2n) is 3.75. The summed E-state index contributed by atoms with van der Waals surface area (Å²) in [6, 6.07) is 4.52. The summed E-state index contributed by atoms with van der Waals surface area (Å²) in [5.74, 6) is -0.609. The van der Waals surface area contributed by atoms with E-state index in [4.69, 9.17) is 10.5 Å². The van der Waals surface area contributed by atoms with Crippen molar-refractivity contribution >= 4 is 37.6 Å². The summed E-state index contributed by atoms with van der Waals surface area (Å²) in [7, 11) is -2.53. The van der Waals surface area contributed by atoms with Crippen LogP contribution in [-0.2, 0) is 19.6 Å². The molecule has 2 N–H and O–H groups in total. The molecule has 0 aromatic heterocycles. The molecule has 106 valence electrons. The number of nitrogen functional groups attached to an aromatic ring is 1. The van der Waals surface area contributed by atoms with Crippen LogP contribution in [0.2, 0.25) is 0 Å². The van der Waals surface area contributed by atoms with Crippen molar-refractivity contribution in [2.24, 2.45) is 0 Å². The van der Waals surface area contributed by atoms with Gasteiger partial charge in [-0.05, 0) is 25.1 Å². The van der Waals surface area contributed by atoms with Gasteiger partial charge in [0.05, 0.1) is 12.3 Å². The Bertz CT molecular complexity index is 574. The molecular weight excluding hydrogens is 336 g/mol. The number of carbonyl (C=O) groups excluding carboxylic acids is 1. The highest BCUT2D eigenvalue weighted by Gasteiger charge is 2.25. The van der Waals surface area contributed by atoms with Gasteiger partial charge in [-0.3, -0.25) is 4.79 Å². The molecule has 6 nitrogen and oxygen atoms in total. The minimum atomic E-state index is -3.83. The van der Waals surface area contributed by atoms with Crippen LogP contribution in [0.3, 0.4) is 0 Å². The van der Waals surface area contributed by atoms with Crippen molar-refractivity contribution in [1.82, 2.24) is 4.31 Å². The number of ether oxygens (including phenoxy) is 1. The number of hydrogen-bond acceptors (Lipinski definition) is 5. The molecule has 0 atom stereocenters. The molecule has 0 heterocycles. The number of carbonyl (C=O) groups is 1. The predicted molar refractivity (Wildman–Crippen MR) is 75.0 cm³/mol. The Morgan fingerprint density at radius 3 is 2.68 bits per heavy atom. The van der Waals surface area contributed by atoms with Gasteiger partial charge in [-0.1, -0.05) is 15.9 Å². The molecule has 0 unspecified atom stereocenters. The lowest BCUT2D eigenvalue weighted by Crippen LogP contribution is -2.33. The molecule has 0 bridgehead atoms. The average Bonchev–Trinajstić information content (AvgIpc) is 2.32. The zero-order chi connectivity index (χ0) is 14.6. The maximum Gasteiger partial charge on any atom is 0.321 e. The highest BCUT2D eigenvalue weighted by atomic mass is 79.9. The Kier molecular flexibility index (Phi) is 5.33. The summed E-state index contributed by atoms with van der Waals surface area (Å²) in [5.41, 5.74) is 5.78. The van der Waals surface area contributed by atoms with E-state index in [-0.39, 0.29) is 23.7 Å². The molecule has 0 aliphatic carbocycles. The fourth-order valence-corrected chi connectivity index (χ4v) is 3.14. The first-order valence-corrected chi connectivity index (χ1v) is 7.69. The normalized spacial score (nSPS) is 11.6. The first-order chi connectivity index (χ1) is 8.78. The minimum absolute atomic E-state index is 0.0475. The van der Waals surface area contributed by atoms with Gasteiger partial charge >= 0.3 is 5.97 Å². The molecule has 1 rings (SSSR count). The number of benzene rings is 1. The topological polar surface area (TPSA) is 89.7 Å². The maximum atomic E-state index is 12.3. The number of sulfonamides is 1. The number of halogens is 1. The Morgan fingerprint density at radius 2 is 2.11 bits per heavy atom. The maximum absolute atomic E-state index is 12.3. The summed E-state index contributed by atoms with van der Waals surface area (Å²) in [6.07, 6.45) is 0. The van der Waals surface area contributed by atoms with Crippen molar-refractivity contribution in [3.63, 3.8) is 0 Å². The Morgan fingerprint density at radius 1 is 1.47 bits per heavy atom. The molecule has 1 aromatic carbocycles. The van der Waals surface area contributed by atoms with Crippen LogP contribution in [0.4, 0.5) is 5.69 Å². The largest absolute Gasteiger partial charge is 0.465 e. The molecular formula is C11H15BrN2O4S. The molecule has 0 radical (unpaired) electrons. The van der Waals surface area contributed by atoms with Crippen LogP contribution in [0.5, 0.6) is 0 Å². The molecule has 0 aliphatic rings. The van der Waals surface area contributed by atoms with Crippen LogP contribution < -0.4 is 5.73 Å². The van der Waals surface area contributed by atoms with E-state index in [0.717, 1.165) is 4.31 Å². The molecule has 0 fully saturated rings. The van der Waals surface area contributed by atoms with Crippen LogP contribution in [-0.4, -0.2) is 38.9 Å². The van der Waals surface area contributed by atoms with Crippen LogP contribution in [0, 0.1) is 0 Å². The van der Waals surface area contributed by atoms with Gasteiger partial charge in [0.25, 0.3) is 0 Å². The smallest absolute Gasteiger partial charge is 0.321 e. The zero-order valence-electron chi connectivity index (χ0n) is 10.6. The third kappa shape index (κ3) is 3.92. The summed E-state index contributed by atoms with van der Waals surface area (Å²) in [5, 5.41) is 0. The van der Waals surface area contributed by atoms with Gasteiger partial charge < -0.3 is 10.5 Å². The zero-order valence-corrected chi connectivity index (χ0v) is 13.0. The Labute approximate surface area is 120 Å². The van der Waals surface area contributed by atoms with E-state index in [9.17, 15) is 13.2 Å². The molecule has 0 saturated carbocycles. The van der Waals surface area contributed by atoms with Crippen LogP contribution in [0.25, 0.3) is 0 Å². The van der Waals surface area contributed by atoms with Crippen molar-refractivity contribution in [3.8, 4) is 0 Å². The lowest BCUT2D eigenvalue weighted by Gasteiger charge is -2.17. The van der Waals surface area contributed by atoms with Crippen molar-refractivity contribution in [1.29, 1.82) is 0 Å². The first kappa shape index (κ1) is 15.9. The first-order valence-electron chi connectivity index (χ1n) is 5.46. The number of rotatable bonds is 5. The van der Waals surface area contributed by atoms with Gasteiger partial charge in [0, 0.05) is 11.5 Å². The fraction of sp³-hybridized carbons (Fsp3) is 0.364. The third-order valence-corrected chi connectivity index (χ3v) is 4.67. The number of likely N-dealkylation sites (N-methyl/N-ethyl adjacent to an activating group) is 1. The molecule has 0 amide bonds. The lowest BCUT2D eigenvalue weighted by atomic mass is 10.3. The van der Waals surface area contributed by atoms with Crippen LogP contribution in [0.15, 0.2) is 27.6 Å². The van der Waals surface area contributed by atoms with E-state index in [1.54, 1.807) is 13.0 Å². The molecule has 1 aromatic rings. The quantitative estimate of drug-likeness (QED) is 0.636. The summed E-state index contributed by atoms with van der Waals surface area (Å²) >= 11 is 3.18. The van der Waals surface area contributed by atoms with Gasteiger partial charge in [-0.2, -0.15) is 4.31 Å². The SMILES string of the molecule is CCOC(=O)CN(C)S(=O)(=O)c1cc(Br)ccc1N. The number of anilines is 1. The minimum Gasteiger partial charge on any atom is -0.465 e. The molecule has 0 saturated heterocycles. The number of nitrogens with two attached hydrogens (primary N) is 1. The van der Waals surface area contributed by atoms with E-state index in [0.29, 0.717) is 4.47 Å². The molecule has 0 aliphatic heterocycles. The molecule has 0 spiro atoms. The number of hydrogen-bond donors (Lipinski definition) is 1. The van der Waals surface area contributed by atoms with E-state index in [2.05, 4.69) is 15.9 Å². The van der Waals surface area contributed by atoms with Gasteiger partial charge in [0.15, 0.2) is 0 Å². The molecule has 8 heteroatoms. The van der Waals surface area contributed by atoms with Gasteiger partial charge in [-0.15, -0.1) is 0 Å². The van der Waals surface area contributed by atoms with Crippen molar-refractivity contribution in [2.45, 2.75) is 11.8 Å². The van der Waals surface area contributed by atoms with E-state index in [1.807, 2.05) is 0 Å². The van der Waals surface area contributed by atoms with Crippen molar-refractivity contribution < 1.29 is 17.9 Å². The summed E-state index contributed by atoms with van der Waals surface area (Å²) < 4.78 is 30.7. The van der Waals surface area contributed by atoms with E-state index < -0.39 is 16.0 Å². The van der Waals surface area contributed by atoms with Crippen molar-refractivity contribution in [3.05, 3.63) is 22.7 Å². The molecule has 19 heavy (non-hydrogen) atoms. The third-order valence-electron chi connectivity index (χ3n) is 2.32. The number of esters is 1. The summed E-state index contributed by atoms with van der Waals surface area (Å²) in [4.78, 5) is 11.3. The summed E-state index contributed by atoms with van der Waals surface area (Å²) in [6.45, 7) is 1.49. The standard InChI is InChI=1S/C11H15BrN2O4S/c1-3-18-11(15)7-14(2)19(16,17)10-6-8(12)4-5-9(10)13/h4-6H,3,7,13H2,1-2H3. The van der Waals surface area contributed by atoms with E-state index in [1.165, 1.54) is 19.2 Å². The number of nitrogens with zero attached hydrogens (tertiary/aromatic N) is 1. The highest BCUT2D eigenvalue weighted by molar-refractivity contribution is 9.10. The van der Waals surface area contributed by atoms with Crippen LogP contribution in [0.1, 0.15) is 6.92 Å². The fourth-order valence-electron chi connectivity index (χ4n) is 1.37. The predicted octanol–water partition coefficient (Wildman–Crippen LogP) is 1.21. The van der Waals surface area contributed by atoms with Gasteiger partial charge in [0.1, 0.15) is 11.4 Å². The van der Waals surface area contributed by atoms with E-state index >= 15 is 0 Å². The van der Waals surface area contributed by atoms with Crippen molar-refractivity contribution in [2.75, 3.05) is 25.9 Å². The van der Waals surface area contributed by atoms with Crippen LogP contribution >= 0.6 is 15.9 Å². The Hall–Kier alpha value is -1.12.